The Morgan fingerprint density at radius 3 is 2.76 bits per heavy atom. The average Bonchev–Trinajstić information content (AvgIpc) is 3.52. The second-order valence-electron chi connectivity index (χ2n) is 8.50. The topological polar surface area (TPSA) is 87.7 Å². The summed E-state index contributed by atoms with van der Waals surface area (Å²) in [5.74, 6) is 1.33. The molecule has 168 valence electrons. The van der Waals surface area contributed by atoms with Crippen LogP contribution in [0.15, 0.2) is 66.1 Å². The minimum Gasteiger partial charge on any atom is -0.381 e. The SMILES string of the molecule is Cn1cc(-n2ccc(=O)c(Cc3cccc(-c4ncc(CCC5CCOC5)cn4)c3)n2)cn1. The second kappa shape index (κ2) is 9.46. The van der Waals surface area contributed by atoms with Crippen molar-refractivity contribution in [1.29, 1.82) is 0 Å². The zero-order chi connectivity index (χ0) is 22.6. The van der Waals surface area contributed by atoms with E-state index in [1.807, 2.05) is 49.9 Å². The molecule has 1 aromatic carbocycles. The Kier molecular flexibility index (Phi) is 6.08. The summed E-state index contributed by atoms with van der Waals surface area (Å²) >= 11 is 0. The highest BCUT2D eigenvalue weighted by Gasteiger charge is 2.15. The fraction of sp³-hybridized carbons (Fsp3) is 0.320. The highest BCUT2D eigenvalue weighted by Crippen LogP contribution is 2.20. The van der Waals surface area contributed by atoms with Crippen molar-refractivity contribution in [1.82, 2.24) is 29.5 Å². The van der Waals surface area contributed by atoms with Crippen LogP contribution in [0, 0.1) is 5.92 Å². The molecule has 1 aliphatic heterocycles. The molecule has 0 saturated carbocycles. The molecule has 8 nitrogen and oxygen atoms in total. The van der Waals surface area contributed by atoms with Crippen molar-refractivity contribution in [3.05, 3.63) is 88.4 Å². The van der Waals surface area contributed by atoms with Crippen LogP contribution in [-0.4, -0.2) is 42.7 Å². The van der Waals surface area contributed by atoms with Gasteiger partial charge in [-0.3, -0.25) is 9.48 Å². The first kappa shape index (κ1) is 21.2. The molecule has 4 heterocycles. The van der Waals surface area contributed by atoms with Crippen molar-refractivity contribution in [2.45, 2.75) is 25.7 Å². The first-order valence-corrected chi connectivity index (χ1v) is 11.2. The maximum absolute atomic E-state index is 12.4. The second-order valence-corrected chi connectivity index (χ2v) is 8.50. The lowest BCUT2D eigenvalue weighted by Crippen LogP contribution is -2.16. The number of rotatable bonds is 7. The summed E-state index contributed by atoms with van der Waals surface area (Å²) in [6.07, 6.45) is 12.7. The van der Waals surface area contributed by atoms with Crippen LogP contribution in [-0.2, 0) is 24.6 Å². The summed E-state index contributed by atoms with van der Waals surface area (Å²) in [4.78, 5) is 21.6. The molecule has 0 aliphatic carbocycles. The molecule has 1 fully saturated rings. The quantitative estimate of drug-likeness (QED) is 0.437. The van der Waals surface area contributed by atoms with Gasteiger partial charge >= 0.3 is 0 Å². The molecule has 0 N–H and O–H groups in total. The van der Waals surface area contributed by atoms with Crippen molar-refractivity contribution < 1.29 is 4.74 Å². The lowest BCUT2D eigenvalue weighted by molar-refractivity contribution is 0.184. The number of ether oxygens (including phenoxy) is 1. The van der Waals surface area contributed by atoms with Gasteiger partial charge in [0.1, 0.15) is 11.4 Å². The van der Waals surface area contributed by atoms with E-state index in [-0.39, 0.29) is 5.43 Å². The van der Waals surface area contributed by atoms with Gasteiger partial charge in [0.15, 0.2) is 5.82 Å². The number of nitrogens with zero attached hydrogens (tertiary/aromatic N) is 6. The molecule has 4 aromatic rings. The largest absolute Gasteiger partial charge is 0.381 e. The Hall–Kier alpha value is -3.65. The van der Waals surface area contributed by atoms with E-state index < -0.39 is 0 Å². The van der Waals surface area contributed by atoms with Gasteiger partial charge in [-0.1, -0.05) is 18.2 Å². The Morgan fingerprint density at radius 1 is 1.12 bits per heavy atom. The van der Waals surface area contributed by atoms with E-state index in [0.717, 1.165) is 54.9 Å². The van der Waals surface area contributed by atoms with Gasteiger partial charge in [-0.05, 0) is 42.4 Å². The van der Waals surface area contributed by atoms with Gasteiger partial charge in [0, 0.05) is 56.9 Å². The van der Waals surface area contributed by atoms with Crippen molar-refractivity contribution in [2.24, 2.45) is 13.0 Å². The summed E-state index contributed by atoms with van der Waals surface area (Å²) in [6, 6.07) is 9.50. The fourth-order valence-electron chi connectivity index (χ4n) is 4.07. The molecule has 8 heteroatoms. The van der Waals surface area contributed by atoms with Crippen LogP contribution in [0.5, 0.6) is 0 Å². The number of benzene rings is 1. The lowest BCUT2D eigenvalue weighted by Gasteiger charge is -2.08. The van der Waals surface area contributed by atoms with Crippen LogP contribution in [0.1, 0.15) is 29.7 Å². The van der Waals surface area contributed by atoms with Crippen LogP contribution >= 0.6 is 0 Å². The highest BCUT2D eigenvalue weighted by molar-refractivity contribution is 5.56. The highest BCUT2D eigenvalue weighted by atomic mass is 16.5. The van der Waals surface area contributed by atoms with E-state index >= 15 is 0 Å². The maximum Gasteiger partial charge on any atom is 0.203 e. The molecule has 1 atom stereocenters. The van der Waals surface area contributed by atoms with Gasteiger partial charge in [-0.2, -0.15) is 10.2 Å². The monoisotopic (exact) mass is 442 g/mol. The van der Waals surface area contributed by atoms with Gasteiger partial charge in [-0.25, -0.2) is 14.6 Å². The Bertz CT molecular complexity index is 1290. The molecule has 0 radical (unpaired) electrons. The summed E-state index contributed by atoms with van der Waals surface area (Å²) in [5, 5.41) is 8.70. The van der Waals surface area contributed by atoms with Gasteiger partial charge < -0.3 is 4.74 Å². The predicted molar refractivity (Wildman–Crippen MR) is 124 cm³/mol. The predicted octanol–water partition coefficient (Wildman–Crippen LogP) is 2.98. The average molecular weight is 443 g/mol. The van der Waals surface area contributed by atoms with Crippen LogP contribution in [0.25, 0.3) is 17.1 Å². The number of aromatic nitrogens is 6. The van der Waals surface area contributed by atoms with Crippen LogP contribution in [0.2, 0.25) is 0 Å². The molecule has 33 heavy (non-hydrogen) atoms. The van der Waals surface area contributed by atoms with E-state index in [2.05, 4.69) is 20.2 Å². The van der Waals surface area contributed by atoms with E-state index in [1.54, 1.807) is 27.8 Å². The summed E-state index contributed by atoms with van der Waals surface area (Å²) in [6.45, 7) is 1.75. The molecule has 0 spiro atoms. The van der Waals surface area contributed by atoms with E-state index in [0.29, 0.717) is 23.9 Å². The Morgan fingerprint density at radius 2 is 2.00 bits per heavy atom. The van der Waals surface area contributed by atoms with Crippen molar-refractivity contribution in [3.8, 4) is 17.1 Å². The Balaban J connectivity index is 1.31. The molecule has 1 aliphatic rings. The molecular weight excluding hydrogens is 416 g/mol. The van der Waals surface area contributed by atoms with Crippen LogP contribution in [0.3, 0.4) is 0 Å². The molecule has 5 rings (SSSR count). The third-order valence-electron chi connectivity index (χ3n) is 5.96. The normalized spacial score (nSPS) is 15.7. The third-order valence-corrected chi connectivity index (χ3v) is 5.96. The third kappa shape index (κ3) is 5.06. The molecule has 1 unspecified atom stereocenters. The van der Waals surface area contributed by atoms with Gasteiger partial charge in [0.2, 0.25) is 5.43 Å². The zero-order valence-corrected chi connectivity index (χ0v) is 18.6. The van der Waals surface area contributed by atoms with Gasteiger partial charge in [0.25, 0.3) is 0 Å². The minimum atomic E-state index is -0.0891. The first-order chi connectivity index (χ1) is 16.1. The molecule has 0 bridgehead atoms. The van der Waals surface area contributed by atoms with Gasteiger partial charge in [-0.15, -0.1) is 0 Å². The molecular formula is C25H26N6O2. The van der Waals surface area contributed by atoms with Gasteiger partial charge in [0.05, 0.1) is 12.4 Å². The summed E-state index contributed by atoms with van der Waals surface area (Å²) in [7, 11) is 1.84. The molecule has 0 amide bonds. The smallest absolute Gasteiger partial charge is 0.203 e. The van der Waals surface area contributed by atoms with Crippen LogP contribution in [0.4, 0.5) is 0 Å². The van der Waals surface area contributed by atoms with E-state index in [1.165, 1.54) is 0 Å². The van der Waals surface area contributed by atoms with Crippen molar-refractivity contribution >= 4 is 0 Å². The van der Waals surface area contributed by atoms with Crippen molar-refractivity contribution in [2.75, 3.05) is 13.2 Å². The number of hydrogen-bond donors (Lipinski definition) is 0. The van der Waals surface area contributed by atoms with Crippen LogP contribution < -0.4 is 5.43 Å². The summed E-state index contributed by atoms with van der Waals surface area (Å²) < 4.78 is 8.83. The number of hydrogen-bond acceptors (Lipinski definition) is 6. The van der Waals surface area contributed by atoms with Crippen molar-refractivity contribution in [3.63, 3.8) is 0 Å². The maximum atomic E-state index is 12.4. The van der Waals surface area contributed by atoms with E-state index in [4.69, 9.17) is 4.74 Å². The molecule has 1 saturated heterocycles. The minimum absolute atomic E-state index is 0.0891. The summed E-state index contributed by atoms with van der Waals surface area (Å²) in [5.41, 5.74) is 4.24. The number of aryl methyl sites for hydroxylation is 2. The molecule has 3 aromatic heterocycles. The first-order valence-electron chi connectivity index (χ1n) is 11.2. The van der Waals surface area contributed by atoms with E-state index in [9.17, 15) is 4.79 Å². The lowest BCUT2D eigenvalue weighted by atomic mass is 10.0. The zero-order valence-electron chi connectivity index (χ0n) is 18.6. The standard InChI is InChI=1S/C25H26N6O2/c1-30-16-22(15-28-30)31-9-7-24(32)23(29-31)12-19-3-2-4-21(11-19)25-26-13-20(14-27-25)6-5-18-8-10-33-17-18/h2-4,7,9,11,13-16,18H,5-6,8,10,12,17H2,1H3. The fourth-order valence-corrected chi connectivity index (χ4v) is 4.07. The Labute approximate surface area is 191 Å².